The zero-order chi connectivity index (χ0) is 8.97. The first-order chi connectivity index (χ1) is 5.72. The maximum Gasteiger partial charge on any atom is 0.312 e. The van der Waals surface area contributed by atoms with E-state index in [0.717, 1.165) is 19.3 Å². The van der Waals surface area contributed by atoms with Crippen LogP contribution in [0.1, 0.15) is 19.3 Å². The van der Waals surface area contributed by atoms with E-state index in [4.69, 9.17) is 10.8 Å². The summed E-state index contributed by atoms with van der Waals surface area (Å²) in [6.07, 6.45) is 3.17. The third kappa shape index (κ3) is 2.70. The van der Waals surface area contributed by atoms with Crippen LogP contribution in [-0.4, -0.2) is 24.3 Å². The number of hydrogen-bond acceptors (Lipinski definition) is 2. The van der Waals surface area contributed by atoms with Gasteiger partial charge in [-0.2, -0.15) is 0 Å². The number of carbonyl (C=O) groups is 1. The molecule has 2 atom stereocenters. The summed E-state index contributed by atoms with van der Waals surface area (Å²) in [5.74, 6) is 0.944. The Morgan fingerprint density at radius 2 is 2.17 bits per heavy atom. The van der Waals surface area contributed by atoms with Gasteiger partial charge in [-0.1, -0.05) is 0 Å². The Morgan fingerprint density at radius 3 is 2.67 bits per heavy atom. The van der Waals surface area contributed by atoms with E-state index in [1.165, 1.54) is 0 Å². The highest BCUT2D eigenvalue weighted by atomic mass is 16.3. The monoisotopic (exact) mass is 172 g/mol. The predicted molar refractivity (Wildman–Crippen MR) is 45.5 cm³/mol. The molecule has 0 heterocycles. The molecule has 0 aromatic heterocycles. The van der Waals surface area contributed by atoms with Crippen LogP contribution in [-0.2, 0) is 0 Å². The van der Waals surface area contributed by atoms with Crippen LogP contribution in [0.2, 0.25) is 0 Å². The molecule has 0 aromatic rings. The predicted octanol–water partition coefficient (Wildman–Crippen LogP) is 0.0633. The second-order valence-corrected chi connectivity index (χ2v) is 3.47. The van der Waals surface area contributed by atoms with Crippen molar-refractivity contribution >= 4 is 6.03 Å². The van der Waals surface area contributed by atoms with E-state index in [0.29, 0.717) is 18.4 Å². The summed E-state index contributed by atoms with van der Waals surface area (Å²) in [5.41, 5.74) is 4.94. The molecule has 70 valence electrons. The van der Waals surface area contributed by atoms with Crippen LogP contribution in [0, 0.1) is 11.8 Å². The van der Waals surface area contributed by atoms with Crippen LogP contribution in [0.25, 0.3) is 0 Å². The van der Waals surface area contributed by atoms with Crippen LogP contribution >= 0.6 is 0 Å². The number of aliphatic hydroxyl groups is 1. The second-order valence-electron chi connectivity index (χ2n) is 3.47. The number of amides is 2. The van der Waals surface area contributed by atoms with Gasteiger partial charge in [0.2, 0.25) is 0 Å². The fourth-order valence-corrected chi connectivity index (χ4v) is 1.77. The molecule has 2 unspecified atom stereocenters. The van der Waals surface area contributed by atoms with Gasteiger partial charge < -0.3 is 16.2 Å². The Hall–Kier alpha value is -0.770. The van der Waals surface area contributed by atoms with E-state index in [9.17, 15) is 4.79 Å². The van der Waals surface area contributed by atoms with Gasteiger partial charge in [0.15, 0.2) is 0 Å². The number of rotatable bonds is 3. The van der Waals surface area contributed by atoms with Gasteiger partial charge in [0.1, 0.15) is 0 Å². The van der Waals surface area contributed by atoms with Crippen molar-refractivity contribution in [3.63, 3.8) is 0 Å². The minimum Gasteiger partial charge on any atom is -0.396 e. The number of urea groups is 1. The van der Waals surface area contributed by atoms with Gasteiger partial charge >= 0.3 is 6.03 Å². The van der Waals surface area contributed by atoms with Crippen LogP contribution < -0.4 is 11.1 Å². The first kappa shape index (κ1) is 9.32. The third-order valence-corrected chi connectivity index (χ3v) is 2.47. The molecule has 0 radical (unpaired) electrons. The molecule has 0 bridgehead atoms. The van der Waals surface area contributed by atoms with Crippen molar-refractivity contribution < 1.29 is 9.90 Å². The quantitative estimate of drug-likeness (QED) is 0.563. The van der Waals surface area contributed by atoms with Crippen LogP contribution in [0.4, 0.5) is 4.79 Å². The van der Waals surface area contributed by atoms with Gasteiger partial charge in [-0.05, 0) is 31.1 Å². The third-order valence-electron chi connectivity index (χ3n) is 2.47. The molecule has 1 saturated carbocycles. The summed E-state index contributed by atoms with van der Waals surface area (Å²) >= 11 is 0. The minimum absolute atomic E-state index is 0.271. The lowest BCUT2D eigenvalue weighted by Gasteiger charge is -2.09. The van der Waals surface area contributed by atoms with Crippen LogP contribution in [0.5, 0.6) is 0 Å². The number of carbonyl (C=O) groups excluding carboxylic acids is 1. The summed E-state index contributed by atoms with van der Waals surface area (Å²) in [6, 6.07) is -0.456. The zero-order valence-electron chi connectivity index (χ0n) is 7.12. The van der Waals surface area contributed by atoms with Crippen molar-refractivity contribution in [2.24, 2.45) is 17.6 Å². The molecule has 4 nitrogen and oxygen atoms in total. The molecule has 1 aliphatic carbocycles. The Morgan fingerprint density at radius 1 is 1.50 bits per heavy atom. The standard InChI is InChI=1S/C8H16N2O2/c9-8(12)10-4-6-1-2-7(3-6)5-11/h6-7,11H,1-5H2,(H3,9,10,12). The van der Waals surface area contributed by atoms with Gasteiger partial charge in [0, 0.05) is 13.2 Å². The average molecular weight is 172 g/mol. The molecule has 4 heteroatoms. The highest BCUT2D eigenvalue weighted by Gasteiger charge is 2.23. The molecule has 0 saturated heterocycles. The molecular formula is C8H16N2O2. The molecule has 0 spiro atoms. The van der Waals surface area contributed by atoms with Gasteiger partial charge in [0.25, 0.3) is 0 Å². The summed E-state index contributed by atoms with van der Waals surface area (Å²) in [4.78, 5) is 10.4. The molecule has 0 aliphatic heterocycles. The molecule has 4 N–H and O–H groups in total. The zero-order valence-corrected chi connectivity index (χ0v) is 7.12. The summed E-state index contributed by atoms with van der Waals surface area (Å²) in [6.45, 7) is 0.929. The van der Waals surface area contributed by atoms with Gasteiger partial charge in [-0.3, -0.25) is 0 Å². The topological polar surface area (TPSA) is 75.4 Å². The van der Waals surface area contributed by atoms with Crippen molar-refractivity contribution in [2.45, 2.75) is 19.3 Å². The maximum absolute atomic E-state index is 10.4. The van der Waals surface area contributed by atoms with E-state index >= 15 is 0 Å². The highest BCUT2D eigenvalue weighted by molar-refractivity contribution is 5.71. The van der Waals surface area contributed by atoms with E-state index in [1.54, 1.807) is 0 Å². The van der Waals surface area contributed by atoms with E-state index in [2.05, 4.69) is 5.32 Å². The second kappa shape index (κ2) is 4.30. The molecule has 12 heavy (non-hydrogen) atoms. The van der Waals surface area contributed by atoms with Crippen LogP contribution in [0.3, 0.4) is 0 Å². The lowest BCUT2D eigenvalue weighted by atomic mass is 10.1. The van der Waals surface area contributed by atoms with E-state index < -0.39 is 6.03 Å². The fraction of sp³-hybridized carbons (Fsp3) is 0.875. The van der Waals surface area contributed by atoms with Crippen molar-refractivity contribution in [3.05, 3.63) is 0 Å². The first-order valence-corrected chi connectivity index (χ1v) is 4.36. The molecule has 0 aromatic carbocycles. The molecule has 2 amide bonds. The summed E-state index contributed by atoms with van der Waals surface area (Å²) in [7, 11) is 0. The summed E-state index contributed by atoms with van der Waals surface area (Å²) in [5, 5.41) is 11.4. The average Bonchev–Trinajstić information content (AvgIpc) is 2.48. The van der Waals surface area contributed by atoms with Crippen molar-refractivity contribution in [1.82, 2.24) is 5.32 Å². The molecule has 1 aliphatic rings. The van der Waals surface area contributed by atoms with Gasteiger partial charge in [0.05, 0.1) is 0 Å². The Balaban J connectivity index is 2.15. The number of nitrogens with one attached hydrogen (secondary N) is 1. The van der Waals surface area contributed by atoms with Crippen molar-refractivity contribution in [3.8, 4) is 0 Å². The molecule has 1 fully saturated rings. The summed E-state index contributed by atoms with van der Waals surface area (Å²) < 4.78 is 0. The number of hydrogen-bond donors (Lipinski definition) is 3. The maximum atomic E-state index is 10.4. The number of nitrogens with two attached hydrogens (primary N) is 1. The lowest BCUT2D eigenvalue weighted by Crippen LogP contribution is -2.33. The Kier molecular flexibility index (Phi) is 3.34. The smallest absolute Gasteiger partial charge is 0.312 e. The van der Waals surface area contributed by atoms with Gasteiger partial charge in [-0.25, -0.2) is 4.79 Å². The first-order valence-electron chi connectivity index (χ1n) is 4.36. The van der Waals surface area contributed by atoms with E-state index in [1.807, 2.05) is 0 Å². The lowest BCUT2D eigenvalue weighted by molar-refractivity contribution is 0.225. The normalized spacial score (nSPS) is 28.8. The fourth-order valence-electron chi connectivity index (χ4n) is 1.77. The number of aliphatic hydroxyl groups excluding tert-OH is 1. The molecule has 1 rings (SSSR count). The highest BCUT2D eigenvalue weighted by Crippen LogP contribution is 2.29. The van der Waals surface area contributed by atoms with Crippen LogP contribution in [0.15, 0.2) is 0 Å². The van der Waals surface area contributed by atoms with Crippen molar-refractivity contribution in [2.75, 3.05) is 13.2 Å². The molecular weight excluding hydrogens is 156 g/mol. The SMILES string of the molecule is NC(=O)NCC1CCC(CO)C1. The van der Waals surface area contributed by atoms with Crippen molar-refractivity contribution in [1.29, 1.82) is 0 Å². The Bertz CT molecular complexity index is 161. The van der Waals surface area contributed by atoms with Gasteiger partial charge in [-0.15, -0.1) is 0 Å². The number of primary amides is 1. The Labute approximate surface area is 72.1 Å². The minimum atomic E-state index is -0.456. The van der Waals surface area contributed by atoms with E-state index in [-0.39, 0.29) is 6.61 Å². The largest absolute Gasteiger partial charge is 0.396 e.